The zero-order chi connectivity index (χ0) is 26.1. The first-order chi connectivity index (χ1) is 16.9. The Hall–Kier alpha value is -2.16. The lowest BCUT2D eigenvalue weighted by molar-refractivity contribution is -0.160. The van der Waals surface area contributed by atoms with Gasteiger partial charge in [0.25, 0.3) is 0 Å². The summed E-state index contributed by atoms with van der Waals surface area (Å²) >= 11 is 6.81. The summed E-state index contributed by atoms with van der Waals surface area (Å²) in [6, 6.07) is 5.63. The fraction of sp³-hybridized carbons (Fsp3) is 0.593. The van der Waals surface area contributed by atoms with Gasteiger partial charge in [-0.2, -0.15) is 0 Å². The SMILES string of the molecule is COC(=O)c1c(B2OC(C)(C)C(C)(C)O2)cc(Cl)c2nc(C34CCC(C(=O)OC)(CC3)CC4)ccc12. The summed E-state index contributed by atoms with van der Waals surface area (Å²) in [6.45, 7) is 7.85. The van der Waals surface area contributed by atoms with E-state index in [1.807, 2.05) is 39.8 Å². The normalized spacial score (nSPS) is 28.4. The third kappa shape index (κ3) is 3.67. The van der Waals surface area contributed by atoms with Gasteiger partial charge in [0.2, 0.25) is 0 Å². The molecule has 2 bridgehead atoms. The van der Waals surface area contributed by atoms with Gasteiger partial charge in [-0.25, -0.2) is 4.79 Å². The minimum atomic E-state index is -0.771. The van der Waals surface area contributed by atoms with Crippen molar-refractivity contribution in [2.45, 2.75) is 82.8 Å². The Morgan fingerprint density at radius 2 is 1.53 bits per heavy atom. The molecule has 9 heteroatoms. The van der Waals surface area contributed by atoms with Crippen molar-refractivity contribution in [1.82, 2.24) is 4.98 Å². The fourth-order valence-electron chi connectivity index (χ4n) is 6.15. The van der Waals surface area contributed by atoms with Crippen molar-refractivity contribution < 1.29 is 28.4 Å². The first-order valence-corrected chi connectivity index (χ1v) is 12.9. The summed E-state index contributed by atoms with van der Waals surface area (Å²) in [5.41, 5.74) is 0.774. The molecule has 192 valence electrons. The average molecular weight is 514 g/mol. The number of carbonyl (C=O) groups excluding carboxylic acids is 2. The van der Waals surface area contributed by atoms with E-state index in [0.717, 1.165) is 44.2 Å². The van der Waals surface area contributed by atoms with E-state index in [1.54, 1.807) is 6.07 Å². The van der Waals surface area contributed by atoms with Gasteiger partial charge in [0.1, 0.15) is 0 Å². The van der Waals surface area contributed by atoms with Gasteiger partial charge in [0, 0.05) is 16.5 Å². The maximum atomic E-state index is 13.0. The molecule has 0 spiro atoms. The zero-order valence-corrected chi connectivity index (χ0v) is 22.6. The monoisotopic (exact) mass is 513 g/mol. The van der Waals surface area contributed by atoms with Crippen LogP contribution in [-0.2, 0) is 29.0 Å². The number of ether oxygens (including phenoxy) is 2. The van der Waals surface area contributed by atoms with Crippen molar-refractivity contribution in [1.29, 1.82) is 0 Å². The van der Waals surface area contributed by atoms with Crippen LogP contribution < -0.4 is 5.46 Å². The Kier molecular flexibility index (Phi) is 5.97. The van der Waals surface area contributed by atoms with Crippen LogP contribution in [0.2, 0.25) is 5.02 Å². The number of benzene rings is 1. The maximum absolute atomic E-state index is 13.0. The minimum Gasteiger partial charge on any atom is -0.469 e. The van der Waals surface area contributed by atoms with E-state index in [4.69, 9.17) is 35.4 Å². The third-order valence-electron chi connectivity index (χ3n) is 9.27. The van der Waals surface area contributed by atoms with Crippen LogP contribution in [0.15, 0.2) is 18.2 Å². The molecule has 3 aliphatic carbocycles. The molecule has 4 fully saturated rings. The molecule has 1 aromatic carbocycles. The van der Waals surface area contributed by atoms with Crippen LogP contribution in [0.25, 0.3) is 10.9 Å². The van der Waals surface area contributed by atoms with Crippen LogP contribution in [0.3, 0.4) is 0 Å². The third-order valence-corrected chi connectivity index (χ3v) is 9.55. The predicted octanol–water partition coefficient (Wildman–Crippen LogP) is 4.74. The van der Waals surface area contributed by atoms with Gasteiger partial charge in [-0.1, -0.05) is 17.7 Å². The van der Waals surface area contributed by atoms with E-state index in [2.05, 4.69) is 0 Å². The molecular weight excluding hydrogens is 481 g/mol. The molecule has 3 saturated carbocycles. The number of nitrogens with zero attached hydrogens (tertiary/aromatic N) is 1. The van der Waals surface area contributed by atoms with Gasteiger partial charge >= 0.3 is 19.1 Å². The van der Waals surface area contributed by atoms with Crippen molar-refractivity contribution >= 4 is 47.0 Å². The first kappa shape index (κ1) is 25.5. The molecule has 0 N–H and O–H groups in total. The smallest absolute Gasteiger partial charge is 0.469 e. The van der Waals surface area contributed by atoms with Crippen LogP contribution in [0.4, 0.5) is 0 Å². The van der Waals surface area contributed by atoms with E-state index in [0.29, 0.717) is 27.0 Å². The fourth-order valence-corrected chi connectivity index (χ4v) is 6.41. The summed E-state index contributed by atoms with van der Waals surface area (Å²) in [5.74, 6) is -0.587. The number of methoxy groups -OCH3 is 2. The number of pyridine rings is 1. The Morgan fingerprint density at radius 3 is 2.06 bits per heavy atom. The summed E-state index contributed by atoms with van der Waals surface area (Å²) in [4.78, 5) is 30.5. The lowest BCUT2D eigenvalue weighted by Gasteiger charge is -2.51. The Balaban J connectivity index is 1.57. The van der Waals surface area contributed by atoms with Gasteiger partial charge in [-0.15, -0.1) is 0 Å². The van der Waals surface area contributed by atoms with E-state index in [-0.39, 0.29) is 16.8 Å². The molecule has 4 aliphatic rings. The van der Waals surface area contributed by atoms with Gasteiger partial charge in [0.05, 0.1) is 46.9 Å². The Labute approximate surface area is 217 Å². The van der Waals surface area contributed by atoms with Gasteiger partial charge in [-0.05, 0) is 83.8 Å². The van der Waals surface area contributed by atoms with Crippen LogP contribution >= 0.6 is 11.6 Å². The van der Waals surface area contributed by atoms with Crippen LogP contribution in [0, 0.1) is 5.41 Å². The zero-order valence-electron chi connectivity index (χ0n) is 21.8. The molecule has 7 nitrogen and oxygen atoms in total. The predicted molar refractivity (Wildman–Crippen MR) is 138 cm³/mol. The van der Waals surface area contributed by atoms with Gasteiger partial charge in [0.15, 0.2) is 0 Å². The highest BCUT2D eigenvalue weighted by Gasteiger charge is 2.55. The Bertz CT molecular complexity index is 1220. The molecule has 36 heavy (non-hydrogen) atoms. The quantitative estimate of drug-likeness (QED) is 0.431. The number of carbonyl (C=O) groups is 2. The highest BCUT2D eigenvalue weighted by Crippen LogP contribution is 2.58. The molecule has 0 amide bonds. The molecule has 1 saturated heterocycles. The van der Waals surface area contributed by atoms with Gasteiger partial charge < -0.3 is 18.8 Å². The average Bonchev–Trinajstić information content (AvgIpc) is 3.10. The van der Waals surface area contributed by atoms with E-state index >= 15 is 0 Å². The van der Waals surface area contributed by atoms with E-state index in [9.17, 15) is 9.59 Å². The molecule has 2 heterocycles. The van der Waals surface area contributed by atoms with Crippen LogP contribution in [-0.4, -0.2) is 49.5 Å². The van der Waals surface area contributed by atoms with E-state index < -0.39 is 24.3 Å². The van der Waals surface area contributed by atoms with Gasteiger partial charge in [-0.3, -0.25) is 9.78 Å². The second-order valence-corrected chi connectivity index (χ2v) is 12.0. The number of esters is 2. The van der Waals surface area contributed by atoms with Crippen molar-refractivity contribution in [2.75, 3.05) is 14.2 Å². The molecule has 0 unspecified atom stereocenters. The molecule has 1 aliphatic heterocycles. The summed E-state index contributed by atoms with van der Waals surface area (Å²) in [5, 5.41) is 1.03. The van der Waals surface area contributed by atoms with E-state index in [1.165, 1.54) is 14.2 Å². The molecular formula is C27H33BClNO6. The lowest BCUT2D eigenvalue weighted by Crippen LogP contribution is -2.48. The summed E-state index contributed by atoms with van der Waals surface area (Å²) in [6.07, 6.45) is 4.99. The first-order valence-electron chi connectivity index (χ1n) is 12.5. The summed E-state index contributed by atoms with van der Waals surface area (Å²) in [7, 11) is 2.05. The second kappa shape index (κ2) is 8.43. The topological polar surface area (TPSA) is 84.0 Å². The highest BCUT2D eigenvalue weighted by molar-refractivity contribution is 6.64. The summed E-state index contributed by atoms with van der Waals surface area (Å²) < 4.78 is 22.7. The van der Waals surface area contributed by atoms with Crippen molar-refractivity contribution in [3.05, 3.63) is 34.5 Å². The van der Waals surface area contributed by atoms with Crippen molar-refractivity contribution in [2.24, 2.45) is 5.41 Å². The number of hydrogen-bond acceptors (Lipinski definition) is 7. The Morgan fingerprint density at radius 1 is 0.944 bits per heavy atom. The molecule has 0 atom stereocenters. The number of rotatable bonds is 4. The second-order valence-electron chi connectivity index (χ2n) is 11.5. The molecule has 1 aromatic heterocycles. The number of halogens is 1. The molecule has 0 radical (unpaired) electrons. The van der Waals surface area contributed by atoms with Crippen LogP contribution in [0.1, 0.15) is 82.3 Å². The number of aromatic nitrogens is 1. The molecule has 6 rings (SSSR count). The largest absolute Gasteiger partial charge is 0.495 e. The minimum absolute atomic E-state index is 0.0942. The highest BCUT2D eigenvalue weighted by atomic mass is 35.5. The maximum Gasteiger partial charge on any atom is 0.495 e. The standard InChI is InChI=1S/C27H33BClNO6/c1-24(2)25(3,4)36-28(35-24)17-15-18(29)21-16(20(17)22(31)33-5)7-8-19(30-21)26-9-12-27(13-10-26,14-11-26)23(32)34-6/h7-8,15H,9-14H2,1-6H3. The lowest BCUT2D eigenvalue weighted by atomic mass is 9.52. The number of hydrogen-bond donors (Lipinski definition) is 0. The van der Waals surface area contributed by atoms with Crippen molar-refractivity contribution in [3.63, 3.8) is 0 Å². The molecule has 2 aromatic rings. The van der Waals surface area contributed by atoms with Crippen LogP contribution in [0.5, 0.6) is 0 Å². The number of fused-ring (bicyclic) bond motifs is 4. The van der Waals surface area contributed by atoms with Crippen molar-refractivity contribution in [3.8, 4) is 0 Å².